The van der Waals surface area contributed by atoms with Gasteiger partial charge in [-0.2, -0.15) is 5.26 Å². The third-order valence-electron chi connectivity index (χ3n) is 2.24. The zero-order valence-corrected chi connectivity index (χ0v) is 10.5. The third kappa shape index (κ3) is 3.44. The molecule has 0 spiro atoms. The second-order valence-electron chi connectivity index (χ2n) is 3.61. The molecule has 0 saturated carbocycles. The number of aromatic nitrogens is 1. The van der Waals surface area contributed by atoms with Gasteiger partial charge < -0.3 is 5.32 Å². The number of nitrogens with zero attached hydrogens (tertiary/aromatic N) is 2. The monoisotopic (exact) mass is 272 g/mol. The van der Waals surface area contributed by atoms with Gasteiger partial charge in [0.05, 0.1) is 16.7 Å². The summed E-state index contributed by atoms with van der Waals surface area (Å²) in [5.41, 5.74) is 0.984. The molecule has 2 amide bonds. The maximum absolute atomic E-state index is 11.7. The van der Waals surface area contributed by atoms with Crippen LogP contribution in [0.4, 0.5) is 16.3 Å². The largest absolute Gasteiger partial charge is 0.324 e. The Morgan fingerprint density at radius 2 is 2.11 bits per heavy atom. The summed E-state index contributed by atoms with van der Waals surface area (Å²) >= 11 is 5.87. The van der Waals surface area contributed by atoms with E-state index in [4.69, 9.17) is 16.9 Å². The minimum absolute atomic E-state index is 0.276. The van der Waals surface area contributed by atoms with Crippen molar-refractivity contribution in [1.82, 2.24) is 4.98 Å². The van der Waals surface area contributed by atoms with Crippen molar-refractivity contribution in [2.75, 3.05) is 10.6 Å². The van der Waals surface area contributed by atoms with E-state index < -0.39 is 6.03 Å². The average molecular weight is 273 g/mol. The summed E-state index contributed by atoms with van der Waals surface area (Å²) in [6.45, 7) is 0. The van der Waals surface area contributed by atoms with Crippen LogP contribution in [-0.2, 0) is 0 Å². The number of amides is 2. The van der Waals surface area contributed by atoms with Gasteiger partial charge in [0.2, 0.25) is 0 Å². The molecule has 0 unspecified atom stereocenters. The maximum atomic E-state index is 11.7. The molecule has 0 fully saturated rings. The van der Waals surface area contributed by atoms with E-state index in [1.165, 1.54) is 6.20 Å². The molecule has 1 aromatic carbocycles. The predicted molar refractivity (Wildman–Crippen MR) is 73.0 cm³/mol. The maximum Gasteiger partial charge on any atom is 0.324 e. The standard InChI is InChI=1S/C13H9ClN4O/c14-11-5-2-6-16-12(11)18-13(19)17-10-4-1-3-9(7-10)8-15/h1-7H,(H2,16,17,18,19). The van der Waals surface area contributed by atoms with E-state index in [2.05, 4.69) is 15.6 Å². The molecule has 0 bridgehead atoms. The molecule has 0 saturated heterocycles. The van der Waals surface area contributed by atoms with E-state index in [0.29, 0.717) is 16.3 Å². The highest BCUT2D eigenvalue weighted by Gasteiger charge is 2.06. The Kier molecular flexibility index (Phi) is 3.96. The normalized spacial score (nSPS) is 9.47. The van der Waals surface area contributed by atoms with Gasteiger partial charge in [0, 0.05) is 11.9 Å². The lowest BCUT2D eigenvalue weighted by atomic mass is 10.2. The minimum atomic E-state index is -0.476. The van der Waals surface area contributed by atoms with Crippen LogP contribution >= 0.6 is 11.6 Å². The molecule has 0 aliphatic carbocycles. The Morgan fingerprint density at radius 1 is 1.26 bits per heavy atom. The number of hydrogen-bond acceptors (Lipinski definition) is 3. The lowest BCUT2D eigenvalue weighted by Crippen LogP contribution is -2.20. The quantitative estimate of drug-likeness (QED) is 0.881. The number of urea groups is 1. The summed E-state index contributed by atoms with van der Waals surface area (Å²) in [7, 11) is 0. The average Bonchev–Trinajstić information content (AvgIpc) is 2.41. The molecule has 0 aliphatic rings. The SMILES string of the molecule is N#Cc1cccc(NC(=O)Nc2ncccc2Cl)c1. The highest BCUT2D eigenvalue weighted by atomic mass is 35.5. The third-order valence-corrected chi connectivity index (χ3v) is 2.54. The van der Waals surface area contributed by atoms with E-state index in [-0.39, 0.29) is 5.82 Å². The minimum Gasteiger partial charge on any atom is -0.308 e. The van der Waals surface area contributed by atoms with Crippen LogP contribution in [0.25, 0.3) is 0 Å². The van der Waals surface area contributed by atoms with Crippen molar-refractivity contribution in [3.8, 4) is 6.07 Å². The first-order chi connectivity index (χ1) is 9.19. The van der Waals surface area contributed by atoms with Crippen LogP contribution in [-0.4, -0.2) is 11.0 Å². The van der Waals surface area contributed by atoms with Gasteiger partial charge in [-0.25, -0.2) is 9.78 Å². The van der Waals surface area contributed by atoms with Gasteiger partial charge in [0.1, 0.15) is 0 Å². The highest BCUT2D eigenvalue weighted by molar-refractivity contribution is 6.33. The predicted octanol–water partition coefficient (Wildman–Crippen LogP) is 3.25. The van der Waals surface area contributed by atoms with Crippen molar-refractivity contribution in [2.24, 2.45) is 0 Å². The second kappa shape index (κ2) is 5.85. The fraction of sp³-hybridized carbons (Fsp3) is 0. The van der Waals surface area contributed by atoms with E-state index in [1.54, 1.807) is 36.4 Å². The number of benzene rings is 1. The van der Waals surface area contributed by atoms with Crippen molar-refractivity contribution in [3.05, 3.63) is 53.2 Å². The van der Waals surface area contributed by atoms with Crippen molar-refractivity contribution in [1.29, 1.82) is 5.26 Å². The van der Waals surface area contributed by atoms with E-state index >= 15 is 0 Å². The Balaban J connectivity index is 2.06. The van der Waals surface area contributed by atoms with Crippen LogP contribution < -0.4 is 10.6 Å². The highest BCUT2D eigenvalue weighted by Crippen LogP contribution is 2.17. The molecule has 94 valence electrons. The molecular formula is C13H9ClN4O. The smallest absolute Gasteiger partial charge is 0.308 e. The fourth-order valence-corrected chi connectivity index (χ4v) is 1.58. The van der Waals surface area contributed by atoms with Crippen LogP contribution in [0, 0.1) is 11.3 Å². The van der Waals surface area contributed by atoms with Crippen LogP contribution in [0.1, 0.15) is 5.56 Å². The van der Waals surface area contributed by atoms with Gasteiger partial charge >= 0.3 is 6.03 Å². The molecular weight excluding hydrogens is 264 g/mol. The molecule has 2 rings (SSSR count). The second-order valence-corrected chi connectivity index (χ2v) is 4.01. The summed E-state index contributed by atoms with van der Waals surface area (Å²) in [5.74, 6) is 0.276. The lowest BCUT2D eigenvalue weighted by molar-refractivity contribution is 0.262. The number of anilines is 2. The Morgan fingerprint density at radius 3 is 2.84 bits per heavy atom. The number of pyridine rings is 1. The van der Waals surface area contributed by atoms with Gasteiger partial charge in [0.15, 0.2) is 5.82 Å². The van der Waals surface area contributed by atoms with Crippen LogP contribution in [0.3, 0.4) is 0 Å². The van der Waals surface area contributed by atoms with Gasteiger partial charge in [-0.3, -0.25) is 5.32 Å². The van der Waals surface area contributed by atoms with Crippen molar-refractivity contribution in [3.63, 3.8) is 0 Å². The molecule has 1 aromatic heterocycles. The zero-order valence-electron chi connectivity index (χ0n) is 9.72. The van der Waals surface area contributed by atoms with Crippen LogP contribution in [0.15, 0.2) is 42.6 Å². The molecule has 0 atom stereocenters. The van der Waals surface area contributed by atoms with Crippen LogP contribution in [0.2, 0.25) is 5.02 Å². The molecule has 1 heterocycles. The number of carbonyl (C=O) groups excluding carboxylic acids is 1. The fourth-order valence-electron chi connectivity index (χ4n) is 1.41. The lowest BCUT2D eigenvalue weighted by Gasteiger charge is -2.08. The number of hydrogen-bond donors (Lipinski definition) is 2. The summed E-state index contributed by atoms with van der Waals surface area (Å²) in [5, 5.41) is 14.2. The van der Waals surface area contributed by atoms with Crippen molar-refractivity contribution < 1.29 is 4.79 Å². The molecule has 19 heavy (non-hydrogen) atoms. The number of rotatable bonds is 2. The summed E-state index contributed by atoms with van der Waals surface area (Å²) in [6, 6.07) is 11.4. The molecule has 2 aromatic rings. The molecule has 2 N–H and O–H groups in total. The Hall–Kier alpha value is -2.58. The number of nitrogens with one attached hydrogen (secondary N) is 2. The van der Waals surface area contributed by atoms with Gasteiger partial charge in [-0.05, 0) is 30.3 Å². The first-order valence-electron chi connectivity index (χ1n) is 5.38. The topological polar surface area (TPSA) is 77.8 Å². The Bertz CT molecular complexity index is 651. The van der Waals surface area contributed by atoms with Gasteiger partial charge in [0.25, 0.3) is 0 Å². The first kappa shape index (κ1) is 12.9. The molecule has 0 aliphatic heterocycles. The number of halogens is 1. The van der Waals surface area contributed by atoms with Gasteiger partial charge in [-0.15, -0.1) is 0 Å². The van der Waals surface area contributed by atoms with E-state index in [0.717, 1.165) is 0 Å². The van der Waals surface area contributed by atoms with E-state index in [9.17, 15) is 4.79 Å². The molecule has 6 heteroatoms. The first-order valence-corrected chi connectivity index (χ1v) is 5.75. The summed E-state index contributed by atoms with van der Waals surface area (Å²) in [4.78, 5) is 15.7. The van der Waals surface area contributed by atoms with Gasteiger partial charge in [-0.1, -0.05) is 17.7 Å². The molecule has 5 nitrogen and oxygen atoms in total. The number of carbonyl (C=O) groups is 1. The van der Waals surface area contributed by atoms with Crippen LogP contribution in [0.5, 0.6) is 0 Å². The Labute approximate surface area is 114 Å². The van der Waals surface area contributed by atoms with Crippen molar-refractivity contribution >= 4 is 29.1 Å². The molecule has 0 radical (unpaired) electrons. The van der Waals surface area contributed by atoms with E-state index in [1.807, 2.05) is 6.07 Å². The van der Waals surface area contributed by atoms with Crippen molar-refractivity contribution in [2.45, 2.75) is 0 Å². The summed E-state index contributed by atoms with van der Waals surface area (Å²) < 4.78 is 0. The number of nitriles is 1. The summed E-state index contributed by atoms with van der Waals surface area (Å²) in [6.07, 6.45) is 1.53. The zero-order chi connectivity index (χ0) is 13.7.